The molecule has 0 fully saturated rings. The number of amides is 1. The first kappa shape index (κ1) is 12.5. The summed E-state index contributed by atoms with van der Waals surface area (Å²) < 4.78 is 0. The van der Waals surface area contributed by atoms with Crippen molar-refractivity contribution >= 4 is 23.3 Å². The number of rotatable bonds is 4. The smallest absolute Gasteiger partial charge is 0.296 e. The van der Waals surface area contributed by atoms with Crippen LogP contribution < -0.4 is 5.32 Å². The molecule has 2 rings (SSSR count). The van der Waals surface area contributed by atoms with Crippen LogP contribution in [-0.4, -0.2) is 26.1 Å². The summed E-state index contributed by atoms with van der Waals surface area (Å²) >= 11 is 5.88. The molecule has 0 radical (unpaired) electrons. The van der Waals surface area contributed by atoms with E-state index in [1.807, 2.05) is 6.92 Å². The molecule has 0 bridgehead atoms. The molecule has 2 aromatic rings. The lowest BCUT2D eigenvalue weighted by molar-refractivity contribution is 0.101. The predicted molar refractivity (Wildman–Crippen MR) is 67.6 cm³/mol. The SMILES string of the molecule is CCCc1nc(C(=O)Nc2ncccc2Cl)n[nH]1. The van der Waals surface area contributed by atoms with Gasteiger partial charge in [-0.15, -0.1) is 5.10 Å². The zero-order valence-corrected chi connectivity index (χ0v) is 10.5. The Kier molecular flexibility index (Phi) is 3.88. The summed E-state index contributed by atoms with van der Waals surface area (Å²) in [6.07, 6.45) is 3.23. The predicted octanol–water partition coefficient (Wildman–Crippen LogP) is 2.06. The van der Waals surface area contributed by atoms with Gasteiger partial charge in [-0.05, 0) is 18.6 Å². The minimum absolute atomic E-state index is 0.0835. The van der Waals surface area contributed by atoms with Crippen molar-refractivity contribution in [3.8, 4) is 0 Å². The Balaban J connectivity index is 2.10. The van der Waals surface area contributed by atoms with E-state index >= 15 is 0 Å². The molecule has 0 aliphatic carbocycles. The summed E-state index contributed by atoms with van der Waals surface area (Å²) in [4.78, 5) is 19.9. The zero-order chi connectivity index (χ0) is 13.0. The molecular weight excluding hydrogens is 254 g/mol. The molecule has 7 heteroatoms. The highest BCUT2D eigenvalue weighted by Gasteiger charge is 2.14. The number of aromatic amines is 1. The second-order valence-corrected chi connectivity index (χ2v) is 4.05. The van der Waals surface area contributed by atoms with Gasteiger partial charge in [-0.1, -0.05) is 18.5 Å². The quantitative estimate of drug-likeness (QED) is 0.886. The minimum atomic E-state index is -0.436. The molecule has 0 unspecified atom stereocenters. The molecule has 6 nitrogen and oxygen atoms in total. The lowest BCUT2D eigenvalue weighted by Gasteiger charge is -2.02. The van der Waals surface area contributed by atoms with E-state index in [-0.39, 0.29) is 5.82 Å². The molecule has 1 amide bonds. The van der Waals surface area contributed by atoms with Crippen LogP contribution in [0.5, 0.6) is 0 Å². The van der Waals surface area contributed by atoms with E-state index < -0.39 is 5.91 Å². The maximum Gasteiger partial charge on any atom is 0.296 e. The number of carbonyl (C=O) groups excluding carboxylic acids is 1. The molecule has 2 N–H and O–H groups in total. The molecule has 94 valence electrons. The monoisotopic (exact) mass is 265 g/mol. The zero-order valence-electron chi connectivity index (χ0n) is 9.77. The third-order valence-electron chi connectivity index (χ3n) is 2.21. The Hall–Kier alpha value is -1.95. The molecule has 0 atom stereocenters. The van der Waals surface area contributed by atoms with Crippen molar-refractivity contribution < 1.29 is 4.79 Å². The molecule has 2 aromatic heterocycles. The van der Waals surface area contributed by atoms with E-state index in [1.54, 1.807) is 18.3 Å². The van der Waals surface area contributed by atoms with E-state index in [9.17, 15) is 4.79 Å². The summed E-state index contributed by atoms with van der Waals surface area (Å²) in [5.41, 5.74) is 0. The van der Waals surface area contributed by atoms with Gasteiger partial charge in [-0.2, -0.15) is 0 Å². The second kappa shape index (κ2) is 5.59. The molecule has 0 saturated heterocycles. The third kappa shape index (κ3) is 2.84. The number of anilines is 1. The highest BCUT2D eigenvalue weighted by atomic mass is 35.5. The van der Waals surface area contributed by atoms with Gasteiger partial charge in [0.25, 0.3) is 5.91 Å². The number of pyridine rings is 1. The Morgan fingerprint density at radius 3 is 3.11 bits per heavy atom. The van der Waals surface area contributed by atoms with Crippen LogP contribution in [0.3, 0.4) is 0 Å². The van der Waals surface area contributed by atoms with Gasteiger partial charge in [0.2, 0.25) is 5.82 Å². The van der Waals surface area contributed by atoms with Crippen LogP contribution in [0.4, 0.5) is 5.82 Å². The fourth-order valence-corrected chi connectivity index (χ4v) is 1.56. The minimum Gasteiger partial charge on any atom is -0.303 e. The number of aromatic nitrogens is 4. The average molecular weight is 266 g/mol. The van der Waals surface area contributed by atoms with Gasteiger partial charge in [0, 0.05) is 12.6 Å². The molecule has 0 aliphatic rings. The first-order chi connectivity index (χ1) is 8.70. The highest BCUT2D eigenvalue weighted by molar-refractivity contribution is 6.33. The van der Waals surface area contributed by atoms with E-state index in [1.165, 1.54) is 0 Å². The van der Waals surface area contributed by atoms with Crippen LogP contribution in [0.1, 0.15) is 29.8 Å². The van der Waals surface area contributed by atoms with Crippen molar-refractivity contribution in [3.63, 3.8) is 0 Å². The van der Waals surface area contributed by atoms with E-state index in [2.05, 4.69) is 25.5 Å². The number of aryl methyl sites for hydroxylation is 1. The van der Waals surface area contributed by atoms with Crippen LogP contribution in [0.15, 0.2) is 18.3 Å². The summed E-state index contributed by atoms with van der Waals surface area (Å²) in [5.74, 6) is 0.634. The summed E-state index contributed by atoms with van der Waals surface area (Å²) in [7, 11) is 0. The lowest BCUT2D eigenvalue weighted by Crippen LogP contribution is -2.15. The van der Waals surface area contributed by atoms with Gasteiger partial charge in [0.15, 0.2) is 5.82 Å². The molecule has 18 heavy (non-hydrogen) atoms. The normalized spacial score (nSPS) is 10.3. The second-order valence-electron chi connectivity index (χ2n) is 3.64. The Morgan fingerprint density at radius 2 is 2.39 bits per heavy atom. The van der Waals surface area contributed by atoms with Gasteiger partial charge >= 0.3 is 0 Å². The number of nitrogens with zero attached hydrogens (tertiary/aromatic N) is 3. The number of carbonyl (C=O) groups is 1. The average Bonchev–Trinajstić information content (AvgIpc) is 2.81. The largest absolute Gasteiger partial charge is 0.303 e. The van der Waals surface area contributed by atoms with Gasteiger partial charge in [-0.3, -0.25) is 9.89 Å². The van der Waals surface area contributed by atoms with Crippen molar-refractivity contribution in [1.29, 1.82) is 0 Å². The molecule has 0 saturated carbocycles. The van der Waals surface area contributed by atoms with Crippen LogP contribution in [0.2, 0.25) is 5.02 Å². The van der Waals surface area contributed by atoms with Gasteiger partial charge in [-0.25, -0.2) is 9.97 Å². The first-order valence-corrected chi connectivity index (χ1v) is 5.91. The van der Waals surface area contributed by atoms with E-state index in [0.29, 0.717) is 16.7 Å². The number of hydrogen-bond donors (Lipinski definition) is 2. The number of halogens is 1. The fraction of sp³-hybridized carbons (Fsp3) is 0.273. The molecule has 2 heterocycles. The van der Waals surface area contributed by atoms with Gasteiger partial charge < -0.3 is 5.32 Å². The van der Waals surface area contributed by atoms with Crippen LogP contribution in [0, 0.1) is 0 Å². The summed E-state index contributed by atoms with van der Waals surface area (Å²) in [6.45, 7) is 2.02. The van der Waals surface area contributed by atoms with Crippen molar-refractivity contribution in [2.24, 2.45) is 0 Å². The summed E-state index contributed by atoms with van der Waals surface area (Å²) in [5, 5.41) is 9.48. The van der Waals surface area contributed by atoms with Crippen molar-refractivity contribution in [2.45, 2.75) is 19.8 Å². The van der Waals surface area contributed by atoms with Crippen LogP contribution in [0.25, 0.3) is 0 Å². The van der Waals surface area contributed by atoms with E-state index in [0.717, 1.165) is 12.8 Å². The molecular formula is C11H12ClN5O. The maximum atomic E-state index is 11.8. The number of nitrogens with one attached hydrogen (secondary N) is 2. The highest BCUT2D eigenvalue weighted by Crippen LogP contribution is 2.17. The fourth-order valence-electron chi connectivity index (χ4n) is 1.39. The number of H-pyrrole nitrogens is 1. The van der Waals surface area contributed by atoms with Crippen molar-refractivity contribution in [2.75, 3.05) is 5.32 Å². The first-order valence-electron chi connectivity index (χ1n) is 5.54. The topological polar surface area (TPSA) is 83.6 Å². The van der Waals surface area contributed by atoms with E-state index in [4.69, 9.17) is 11.6 Å². The third-order valence-corrected chi connectivity index (χ3v) is 2.52. The van der Waals surface area contributed by atoms with Gasteiger partial charge in [0.05, 0.1) is 5.02 Å². The van der Waals surface area contributed by atoms with Crippen LogP contribution in [-0.2, 0) is 6.42 Å². The molecule has 0 aromatic carbocycles. The lowest BCUT2D eigenvalue weighted by atomic mass is 10.3. The van der Waals surface area contributed by atoms with Crippen LogP contribution >= 0.6 is 11.6 Å². The summed E-state index contributed by atoms with van der Waals surface area (Å²) in [6, 6.07) is 3.33. The molecule has 0 aliphatic heterocycles. The Bertz CT molecular complexity index is 554. The Morgan fingerprint density at radius 1 is 1.56 bits per heavy atom. The van der Waals surface area contributed by atoms with Gasteiger partial charge in [0.1, 0.15) is 5.82 Å². The standard InChI is InChI=1S/C11H12ClN5O/c1-2-4-8-14-10(17-16-8)11(18)15-9-7(12)5-3-6-13-9/h3,5-6H,2,4H2,1H3,(H,13,15,18)(H,14,16,17). The van der Waals surface area contributed by atoms with Crippen molar-refractivity contribution in [3.05, 3.63) is 35.0 Å². The van der Waals surface area contributed by atoms with Crippen molar-refractivity contribution in [1.82, 2.24) is 20.2 Å². The molecule has 0 spiro atoms. The number of hydrogen-bond acceptors (Lipinski definition) is 4. The maximum absolute atomic E-state index is 11.8. The Labute approximate surface area is 109 Å².